The monoisotopic (exact) mass is 325 g/mol. The summed E-state index contributed by atoms with van der Waals surface area (Å²) in [6.07, 6.45) is 4.35. The van der Waals surface area contributed by atoms with E-state index in [-0.39, 0.29) is 29.9 Å². The van der Waals surface area contributed by atoms with Gasteiger partial charge in [-0.3, -0.25) is 4.79 Å². The summed E-state index contributed by atoms with van der Waals surface area (Å²) in [6, 6.07) is 4.22. The van der Waals surface area contributed by atoms with Crippen LogP contribution in [0, 0.1) is 5.92 Å². The highest BCUT2D eigenvalue weighted by Gasteiger charge is 2.23. The molecule has 22 heavy (non-hydrogen) atoms. The second-order valence-corrected chi connectivity index (χ2v) is 6.11. The zero-order chi connectivity index (χ0) is 16.1. The van der Waals surface area contributed by atoms with Crippen LogP contribution in [-0.2, 0) is 9.53 Å². The molecule has 1 aliphatic carbocycles. The normalized spacial score (nSPS) is 21.2. The highest BCUT2D eigenvalue weighted by atomic mass is 35.5. The Labute approximate surface area is 134 Å². The fourth-order valence-corrected chi connectivity index (χ4v) is 2.83. The average molecular weight is 326 g/mol. The van der Waals surface area contributed by atoms with Crippen molar-refractivity contribution in [2.45, 2.75) is 38.6 Å². The van der Waals surface area contributed by atoms with E-state index in [1.165, 1.54) is 24.6 Å². The van der Waals surface area contributed by atoms with Crippen molar-refractivity contribution in [2.24, 2.45) is 5.92 Å². The highest BCUT2D eigenvalue weighted by molar-refractivity contribution is 6.31. The summed E-state index contributed by atoms with van der Waals surface area (Å²) in [7, 11) is 0. The molecule has 0 unspecified atom stereocenters. The molecule has 1 aliphatic rings. The van der Waals surface area contributed by atoms with E-state index in [4.69, 9.17) is 16.3 Å². The molecule has 1 aromatic carbocycles. The number of amides is 1. The number of phenolic OH excluding ortho intramolecular Hbond substituents is 1. The Bertz CT molecular complexity index is 561. The molecule has 2 atom stereocenters. The molecule has 1 fully saturated rings. The number of carbonyl (C=O) groups excluding carboxylic acids is 2. The Morgan fingerprint density at radius 2 is 2.09 bits per heavy atom. The molecular weight excluding hydrogens is 306 g/mol. The lowest BCUT2D eigenvalue weighted by atomic mass is 9.86. The fraction of sp³-hybridized carbons (Fsp3) is 0.500. The van der Waals surface area contributed by atoms with Crippen LogP contribution in [0.5, 0.6) is 5.75 Å². The lowest BCUT2D eigenvalue weighted by molar-refractivity contribution is -0.125. The highest BCUT2D eigenvalue weighted by Crippen LogP contribution is 2.24. The summed E-state index contributed by atoms with van der Waals surface area (Å²) >= 11 is 5.77. The standard InChI is InChI=1S/C16H20ClNO4/c1-10-4-2-3-5-13(10)18-15(20)9-22-16(21)12-8-11(17)6-7-14(12)19/h6-8,10,13,19H,2-5,9H2,1H3,(H,18,20)/t10-,13-/m1/s1. The van der Waals surface area contributed by atoms with E-state index in [0.717, 1.165) is 19.3 Å². The van der Waals surface area contributed by atoms with Crippen LogP contribution in [0.3, 0.4) is 0 Å². The summed E-state index contributed by atoms with van der Waals surface area (Å²) in [4.78, 5) is 23.7. The van der Waals surface area contributed by atoms with Crippen molar-refractivity contribution in [1.29, 1.82) is 0 Å². The number of esters is 1. The second-order valence-electron chi connectivity index (χ2n) is 5.67. The van der Waals surface area contributed by atoms with Crippen LogP contribution in [0.15, 0.2) is 18.2 Å². The molecule has 1 aromatic rings. The van der Waals surface area contributed by atoms with Crippen molar-refractivity contribution in [2.75, 3.05) is 6.61 Å². The lowest BCUT2D eigenvalue weighted by Gasteiger charge is -2.29. The van der Waals surface area contributed by atoms with Gasteiger partial charge in [0.25, 0.3) is 5.91 Å². The van der Waals surface area contributed by atoms with Gasteiger partial charge < -0.3 is 15.2 Å². The van der Waals surface area contributed by atoms with E-state index in [2.05, 4.69) is 12.2 Å². The van der Waals surface area contributed by atoms with Gasteiger partial charge in [0.05, 0.1) is 0 Å². The predicted molar refractivity (Wildman–Crippen MR) is 83.0 cm³/mol. The first kappa shape index (κ1) is 16.6. The Balaban J connectivity index is 1.85. The zero-order valence-corrected chi connectivity index (χ0v) is 13.2. The molecule has 0 radical (unpaired) electrons. The third-order valence-corrected chi connectivity index (χ3v) is 4.21. The molecule has 5 nitrogen and oxygen atoms in total. The van der Waals surface area contributed by atoms with Gasteiger partial charge in [0.15, 0.2) is 6.61 Å². The number of nitrogens with one attached hydrogen (secondary N) is 1. The minimum Gasteiger partial charge on any atom is -0.507 e. The van der Waals surface area contributed by atoms with Gasteiger partial charge >= 0.3 is 5.97 Å². The second kappa shape index (κ2) is 7.49. The third kappa shape index (κ3) is 4.37. The first-order valence-electron chi connectivity index (χ1n) is 7.42. The molecule has 0 spiro atoms. The van der Waals surface area contributed by atoms with Crippen molar-refractivity contribution in [3.05, 3.63) is 28.8 Å². The Morgan fingerprint density at radius 3 is 2.82 bits per heavy atom. The van der Waals surface area contributed by atoms with E-state index >= 15 is 0 Å². The molecule has 0 heterocycles. The molecular formula is C16H20ClNO4. The lowest BCUT2D eigenvalue weighted by Crippen LogP contribution is -2.42. The number of aromatic hydroxyl groups is 1. The van der Waals surface area contributed by atoms with Gasteiger partial charge in [-0.05, 0) is 37.0 Å². The summed E-state index contributed by atoms with van der Waals surface area (Å²) in [5.41, 5.74) is -0.0497. The van der Waals surface area contributed by atoms with E-state index in [9.17, 15) is 14.7 Å². The molecule has 120 valence electrons. The summed E-state index contributed by atoms with van der Waals surface area (Å²) in [5.74, 6) is -0.887. The van der Waals surface area contributed by atoms with Crippen LogP contribution in [0.25, 0.3) is 0 Å². The topological polar surface area (TPSA) is 75.6 Å². The molecule has 0 saturated heterocycles. The van der Waals surface area contributed by atoms with Crippen LogP contribution >= 0.6 is 11.6 Å². The molecule has 6 heteroatoms. The Hall–Kier alpha value is -1.75. The molecule has 1 saturated carbocycles. The summed E-state index contributed by atoms with van der Waals surface area (Å²) < 4.78 is 4.93. The third-order valence-electron chi connectivity index (χ3n) is 3.97. The van der Waals surface area contributed by atoms with E-state index in [1.54, 1.807) is 0 Å². The van der Waals surface area contributed by atoms with Crippen LogP contribution in [-0.4, -0.2) is 29.6 Å². The quantitative estimate of drug-likeness (QED) is 0.835. The van der Waals surface area contributed by atoms with Gasteiger partial charge in [-0.1, -0.05) is 31.4 Å². The fourth-order valence-electron chi connectivity index (χ4n) is 2.66. The maximum absolute atomic E-state index is 11.9. The van der Waals surface area contributed by atoms with E-state index < -0.39 is 5.97 Å². The number of ether oxygens (including phenoxy) is 1. The van der Waals surface area contributed by atoms with Gasteiger partial charge in [-0.15, -0.1) is 0 Å². The van der Waals surface area contributed by atoms with Crippen LogP contribution in [0.2, 0.25) is 5.02 Å². The minimum atomic E-state index is -0.771. The first-order valence-corrected chi connectivity index (χ1v) is 7.80. The largest absolute Gasteiger partial charge is 0.507 e. The number of hydrogen-bond donors (Lipinski definition) is 2. The van der Waals surface area contributed by atoms with Gasteiger partial charge in [0.1, 0.15) is 11.3 Å². The van der Waals surface area contributed by atoms with Crippen molar-refractivity contribution in [3.8, 4) is 5.75 Å². The molecule has 0 aliphatic heterocycles. The SMILES string of the molecule is C[C@@H]1CCCC[C@H]1NC(=O)COC(=O)c1cc(Cl)ccc1O. The minimum absolute atomic E-state index is 0.0497. The Kier molecular flexibility index (Phi) is 5.66. The van der Waals surface area contributed by atoms with Crippen molar-refractivity contribution in [1.82, 2.24) is 5.32 Å². The average Bonchev–Trinajstić information content (AvgIpc) is 2.49. The maximum atomic E-state index is 11.9. The maximum Gasteiger partial charge on any atom is 0.342 e. The van der Waals surface area contributed by atoms with Crippen molar-refractivity contribution in [3.63, 3.8) is 0 Å². The van der Waals surface area contributed by atoms with Gasteiger partial charge in [0.2, 0.25) is 0 Å². The van der Waals surface area contributed by atoms with Crippen LogP contribution in [0.1, 0.15) is 43.0 Å². The van der Waals surface area contributed by atoms with E-state index in [1.807, 2.05) is 0 Å². The number of hydrogen-bond acceptors (Lipinski definition) is 4. The van der Waals surface area contributed by atoms with Crippen LogP contribution in [0.4, 0.5) is 0 Å². The molecule has 1 amide bonds. The molecule has 2 N–H and O–H groups in total. The van der Waals surface area contributed by atoms with Gasteiger partial charge in [-0.25, -0.2) is 4.79 Å². The smallest absolute Gasteiger partial charge is 0.342 e. The van der Waals surface area contributed by atoms with Crippen molar-refractivity contribution < 1.29 is 19.4 Å². The molecule has 2 rings (SSSR count). The number of phenols is 1. The molecule has 0 aromatic heterocycles. The zero-order valence-electron chi connectivity index (χ0n) is 12.5. The number of rotatable bonds is 4. The summed E-state index contributed by atoms with van der Waals surface area (Å²) in [5, 5.41) is 12.8. The number of halogens is 1. The predicted octanol–water partition coefficient (Wildman–Crippen LogP) is 2.90. The van der Waals surface area contributed by atoms with Crippen molar-refractivity contribution >= 4 is 23.5 Å². The van der Waals surface area contributed by atoms with E-state index in [0.29, 0.717) is 10.9 Å². The van der Waals surface area contributed by atoms with Gasteiger partial charge in [0, 0.05) is 11.1 Å². The first-order chi connectivity index (χ1) is 10.5. The Morgan fingerprint density at radius 1 is 1.36 bits per heavy atom. The van der Waals surface area contributed by atoms with Gasteiger partial charge in [-0.2, -0.15) is 0 Å². The summed E-state index contributed by atoms with van der Waals surface area (Å²) in [6.45, 7) is 1.74. The molecule has 0 bridgehead atoms. The number of carbonyl (C=O) groups is 2. The number of benzene rings is 1. The van der Waals surface area contributed by atoms with Crippen LogP contribution < -0.4 is 5.32 Å².